The molecule has 1 N–H and O–H groups in total. The molecule has 3 nitrogen and oxygen atoms in total. The van der Waals surface area contributed by atoms with E-state index in [2.05, 4.69) is 39.1 Å². The van der Waals surface area contributed by atoms with Gasteiger partial charge in [-0.15, -0.1) is 11.3 Å². The van der Waals surface area contributed by atoms with Gasteiger partial charge in [-0.3, -0.25) is 4.90 Å². The molecular weight excluding hydrogens is 336 g/mol. The van der Waals surface area contributed by atoms with Gasteiger partial charge >= 0.3 is 0 Å². The zero-order valence-electron chi connectivity index (χ0n) is 10.6. The highest BCUT2D eigenvalue weighted by Gasteiger charge is 2.33. The molecule has 2 heterocycles. The molecule has 2 rings (SSSR count). The van der Waals surface area contributed by atoms with Crippen LogP contribution < -0.4 is 5.32 Å². The zero-order chi connectivity index (χ0) is 13.1. The summed E-state index contributed by atoms with van der Waals surface area (Å²) in [6.45, 7) is 5.86. The number of ether oxygens (including phenoxy) is 1. The van der Waals surface area contributed by atoms with Crippen molar-refractivity contribution in [2.24, 2.45) is 0 Å². The van der Waals surface area contributed by atoms with Gasteiger partial charge < -0.3 is 10.1 Å². The van der Waals surface area contributed by atoms with Gasteiger partial charge in [-0.2, -0.15) is 0 Å². The molecule has 0 bridgehead atoms. The fourth-order valence-corrected chi connectivity index (χ4v) is 4.31. The van der Waals surface area contributed by atoms with Gasteiger partial charge in [0.15, 0.2) is 0 Å². The van der Waals surface area contributed by atoms with Crippen LogP contribution in [-0.4, -0.2) is 44.3 Å². The average Bonchev–Trinajstić information content (AvgIpc) is 2.69. The minimum Gasteiger partial charge on any atom is -0.374 e. The maximum Gasteiger partial charge on any atom is 0.107 e. The molecule has 6 heteroatoms. The van der Waals surface area contributed by atoms with Crippen molar-refractivity contribution in [1.82, 2.24) is 10.2 Å². The standard InChI is InChI=1S/C12H18BrClN2OS/c1-3-16-4-5-17-9(7-15-2)11(16)10-6-8(13)12(14)18-10/h6,9,11,15H,3-5,7H2,1-2H3. The summed E-state index contributed by atoms with van der Waals surface area (Å²) in [5, 5.41) is 3.21. The molecule has 1 aromatic heterocycles. The fraction of sp³-hybridized carbons (Fsp3) is 0.667. The minimum absolute atomic E-state index is 0.185. The van der Waals surface area contributed by atoms with Crippen LogP contribution in [-0.2, 0) is 4.74 Å². The van der Waals surface area contributed by atoms with Gasteiger partial charge in [-0.05, 0) is 35.6 Å². The highest BCUT2D eigenvalue weighted by atomic mass is 79.9. The summed E-state index contributed by atoms with van der Waals surface area (Å²) in [6.07, 6.45) is 0.185. The first-order valence-corrected chi connectivity index (χ1v) is 8.11. The van der Waals surface area contributed by atoms with E-state index in [1.165, 1.54) is 4.88 Å². The summed E-state index contributed by atoms with van der Waals surface area (Å²) in [7, 11) is 1.96. The molecule has 0 amide bonds. The number of hydrogen-bond donors (Lipinski definition) is 1. The smallest absolute Gasteiger partial charge is 0.107 e. The van der Waals surface area contributed by atoms with E-state index in [4.69, 9.17) is 16.3 Å². The van der Waals surface area contributed by atoms with Gasteiger partial charge in [0, 0.05) is 22.4 Å². The maximum atomic E-state index is 6.16. The summed E-state index contributed by atoms with van der Waals surface area (Å²) in [4.78, 5) is 3.73. The van der Waals surface area contributed by atoms with E-state index in [0.29, 0.717) is 6.04 Å². The third-order valence-corrected chi connectivity index (χ3v) is 5.77. The Morgan fingerprint density at radius 3 is 3.00 bits per heavy atom. The van der Waals surface area contributed by atoms with Gasteiger partial charge in [0.25, 0.3) is 0 Å². The molecule has 0 aliphatic carbocycles. The Labute approximate surface area is 126 Å². The lowest BCUT2D eigenvalue weighted by atomic mass is 10.1. The van der Waals surface area contributed by atoms with Gasteiger partial charge in [0.05, 0.1) is 18.8 Å². The maximum absolute atomic E-state index is 6.16. The Hall–Kier alpha value is 0.350. The number of morpholine rings is 1. The zero-order valence-corrected chi connectivity index (χ0v) is 13.7. The molecule has 18 heavy (non-hydrogen) atoms. The van der Waals surface area contributed by atoms with Gasteiger partial charge in [0.2, 0.25) is 0 Å². The number of halogens is 2. The van der Waals surface area contributed by atoms with Crippen LogP contribution in [0.3, 0.4) is 0 Å². The van der Waals surface area contributed by atoms with E-state index in [1.807, 2.05) is 7.05 Å². The Balaban J connectivity index is 2.27. The molecule has 0 aromatic carbocycles. The van der Waals surface area contributed by atoms with E-state index < -0.39 is 0 Å². The minimum atomic E-state index is 0.185. The van der Waals surface area contributed by atoms with Crippen LogP contribution in [0.1, 0.15) is 17.8 Å². The number of rotatable bonds is 4. The van der Waals surface area contributed by atoms with Crippen LogP contribution in [0.2, 0.25) is 4.34 Å². The molecule has 102 valence electrons. The normalized spacial score (nSPS) is 25.6. The lowest BCUT2D eigenvalue weighted by molar-refractivity contribution is -0.0675. The summed E-state index contributed by atoms with van der Waals surface area (Å²) < 4.78 is 7.71. The highest BCUT2D eigenvalue weighted by molar-refractivity contribution is 9.10. The molecule has 0 radical (unpaired) electrons. The van der Waals surface area contributed by atoms with Crippen LogP contribution in [0, 0.1) is 0 Å². The van der Waals surface area contributed by atoms with Crippen LogP contribution >= 0.6 is 38.9 Å². The molecule has 1 aliphatic rings. The molecular formula is C12H18BrClN2OS. The number of hydrogen-bond acceptors (Lipinski definition) is 4. The van der Waals surface area contributed by atoms with Crippen LogP contribution in [0.5, 0.6) is 0 Å². The molecule has 1 aromatic rings. The second-order valence-corrected chi connectivity index (χ2v) is 6.85. The molecule has 1 saturated heterocycles. The van der Waals surface area contributed by atoms with Crippen molar-refractivity contribution in [2.45, 2.75) is 19.1 Å². The topological polar surface area (TPSA) is 24.5 Å². The number of nitrogens with zero attached hydrogens (tertiary/aromatic N) is 1. The highest BCUT2D eigenvalue weighted by Crippen LogP contribution is 2.40. The average molecular weight is 354 g/mol. The second-order valence-electron chi connectivity index (χ2n) is 4.31. The van der Waals surface area contributed by atoms with E-state index in [0.717, 1.165) is 35.1 Å². The number of nitrogens with one attached hydrogen (secondary N) is 1. The van der Waals surface area contributed by atoms with Gasteiger partial charge in [-0.1, -0.05) is 18.5 Å². The Kier molecular flexibility index (Phi) is 5.47. The third kappa shape index (κ3) is 3.08. The van der Waals surface area contributed by atoms with Crippen molar-refractivity contribution in [2.75, 3.05) is 33.3 Å². The third-order valence-electron chi connectivity index (χ3n) is 3.22. The van der Waals surface area contributed by atoms with Crippen LogP contribution in [0.4, 0.5) is 0 Å². The first-order valence-electron chi connectivity index (χ1n) is 6.12. The van der Waals surface area contributed by atoms with Gasteiger partial charge in [-0.25, -0.2) is 0 Å². The van der Waals surface area contributed by atoms with Crippen molar-refractivity contribution in [3.05, 3.63) is 19.8 Å². The van der Waals surface area contributed by atoms with E-state index >= 15 is 0 Å². The van der Waals surface area contributed by atoms with Crippen molar-refractivity contribution < 1.29 is 4.74 Å². The predicted molar refractivity (Wildman–Crippen MR) is 80.7 cm³/mol. The Morgan fingerprint density at radius 1 is 1.67 bits per heavy atom. The van der Waals surface area contributed by atoms with E-state index in [9.17, 15) is 0 Å². The van der Waals surface area contributed by atoms with Crippen molar-refractivity contribution in [1.29, 1.82) is 0 Å². The monoisotopic (exact) mass is 352 g/mol. The van der Waals surface area contributed by atoms with Crippen LogP contribution in [0.15, 0.2) is 10.5 Å². The lowest BCUT2D eigenvalue weighted by Crippen LogP contribution is -2.48. The molecule has 1 fully saturated rings. The van der Waals surface area contributed by atoms with E-state index in [-0.39, 0.29) is 6.10 Å². The summed E-state index contributed by atoms with van der Waals surface area (Å²) in [5.74, 6) is 0. The number of likely N-dealkylation sites (N-methyl/N-ethyl adjacent to an activating group) is 2. The Morgan fingerprint density at radius 2 is 2.44 bits per heavy atom. The first-order chi connectivity index (χ1) is 8.67. The molecule has 0 saturated carbocycles. The van der Waals surface area contributed by atoms with Crippen molar-refractivity contribution in [3.8, 4) is 0 Å². The lowest BCUT2D eigenvalue weighted by Gasteiger charge is -2.40. The second kappa shape index (κ2) is 6.68. The van der Waals surface area contributed by atoms with Crippen molar-refractivity contribution in [3.63, 3.8) is 0 Å². The fourth-order valence-electron chi connectivity index (χ4n) is 2.39. The first kappa shape index (κ1) is 14.8. The quantitative estimate of drug-likeness (QED) is 0.900. The summed E-state index contributed by atoms with van der Waals surface area (Å²) in [5.41, 5.74) is 0. The Bertz CT molecular complexity index is 380. The molecule has 0 spiro atoms. The largest absolute Gasteiger partial charge is 0.374 e. The molecule has 1 aliphatic heterocycles. The van der Waals surface area contributed by atoms with E-state index in [1.54, 1.807) is 11.3 Å². The summed E-state index contributed by atoms with van der Waals surface area (Å²) >= 11 is 11.3. The molecule has 2 unspecified atom stereocenters. The molecule has 2 atom stereocenters. The van der Waals surface area contributed by atoms with Crippen LogP contribution in [0.25, 0.3) is 0 Å². The van der Waals surface area contributed by atoms with Crippen molar-refractivity contribution >= 4 is 38.9 Å². The predicted octanol–water partition coefficient (Wildman–Crippen LogP) is 3.15. The number of thiophene rings is 1. The summed E-state index contributed by atoms with van der Waals surface area (Å²) in [6, 6.07) is 2.42. The van der Waals surface area contributed by atoms with Gasteiger partial charge in [0.1, 0.15) is 4.34 Å². The SMILES string of the molecule is CCN1CCOC(CNC)C1c1cc(Br)c(Cl)s1.